The number of nitrogens with one attached hydrogen (secondary N) is 1. The van der Waals surface area contributed by atoms with Crippen LogP contribution in [0.3, 0.4) is 0 Å². The third-order valence-corrected chi connectivity index (χ3v) is 4.36. The fraction of sp³-hybridized carbons (Fsp3) is 0.615. The molecule has 1 fully saturated rings. The topological polar surface area (TPSA) is 103 Å². The molecule has 0 saturated carbocycles. The molecule has 1 saturated heterocycles. The van der Waals surface area contributed by atoms with Crippen molar-refractivity contribution < 1.29 is 19.8 Å². The molecule has 8 heteroatoms. The highest BCUT2D eigenvalue weighted by molar-refractivity contribution is 7.09. The van der Waals surface area contributed by atoms with Gasteiger partial charge in [-0.05, 0) is 18.8 Å². The highest BCUT2D eigenvalue weighted by Crippen LogP contribution is 2.15. The average molecular weight is 313 g/mol. The molecule has 1 aliphatic heterocycles. The lowest BCUT2D eigenvalue weighted by molar-refractivity contribution is 0.0691. The number of aromatic carboxylic acids is 1. The van der Waals surface area contributed by atoms with Gasteiger partial charge in [0.15, 0.2) is 5.69 Å². The van der Waals surface area contributed by atoms with Crippen molar-refractivity contribution in [1.29, 1.82) is 0 Å². The summed E-state index contributed by atoms with van der Waals surface area (Å²) in [7, 11) is 0. The van der Waals surface area contributed by atoms with E-state index in [0.29, 0.717) is 31.1 Å². The molecule has 1 aromatic heterocycles. The molecular weight excluding hydrogens is 294 g/mol. The predicted molar refractivity (Wildman–Crippen MR) is 77.6 cm³/mol. The molecule has 116 valence electrons. The van der Waals surface area contributed by atoms with Gasteiger partial charge >= 0.3 is 12.0 Å². The quantitative estimate of drug-likeness (QED) is 0.746. The van der Waals surface area contributed by atoms with E-state index >= 15 is 0 Å². The summed E-state index contributed by atoms with van der Waals surface area (Å²) in [6, 6.07) is -0.136. The number of aromatic nitrogens is 1. The second kappa shape index (κ2) is 7.37. The minimum atomic E-state index is -1.04. The summed E-state index contributed by atoms with van der Waals surface area (Å²) >= 11 is 1.28. The zero-order valence-electron chi connectivity index (χ0n) is 11.6. The van der Waals surface area contributed by atoms with E-state index in [0.717, 1.165) is 12.8 Å². The second-order valence-corrected chi connectivity index (χ2v) is 5.99. The van der Waals surface area contributed by atoms with Crippen molar-refractivity contribution in [3.63, 3.8) is 0 Å². The summed E-state index contributed by atoms with van der Waals surface area (Å²) in [6.07, 6.45) is 2.38. The highest BCUT2D eigenvalue weighted by atomic mass is 32.1. The summed E-state index contributed by atoms with van der Waals surface area (Å²) in [4.78, 5) is 28.4. The van der Waals surface area contributed by atoms with Crippen molar-refractivity contribution in [2.45, 2.75) is 19.3 Å². The van der Waals surface area contributed by atoms with Gasteiger partial charge in [-0.25, -0.2) is 14.6 Å². The van der Waals surface area contributed by atoms with Crippen LogP contribution in [-0.4, -0.2) is 58.3 Å². The maximum Gasteiger partial charge on any atom is 0.355 e. The van der Waals surface area contributed by atoms with Gasteiger partial charge in [0.05, 0.1) is 5.01 Å². The van der Waals surface area contributed by atoms with Crippen molar-refractivity contribution in [3.8, 4) is 0 Å². The Morgan fingerprint density at radius 1 is 1.52 bits per heavy atom. The predicted octanol–water partition coefficient (Wildman–Crippen LogP) is 0.798. The first kappa shape index (κ1) is 15.7. The molecule has 2 heterocycles. The molecule has 1 atom stereocenters. The molecule has 0 radical (unpaired) electrons. The number of aliphatic hydroxyl groups excluding tert-OH is 1. The van der Waals surface area contributed by atoms with E-state index in [4.69, 9.17) is 10.2 Å². The lowest BCUT2D eigenvalue weighted by Gasteiger charge is -2.31. The summed E-state index contributed by atoms with van der Waals surface area (Å²) in [5, 5.41) is 22.9. The Hall–Kier alpha value is -1.67. The zero-order valence-corrected chi connectivity index (χ0v) is 12.4. The van der Waals surface area contributed by atoms with Crippen LogP contribution in [0.4, 0.5) is 4.79 Å². The van der Waals surface area contributed by atoms with Crippen molar-refractivity contribution in [2.24, 2.45) is 5.92 Å². The molecule has 3 N–H and O–H groups in total. The number of rotatable bonds is 5. The molecule has 1 aromatic rings. The molecule has 0 spiro atoms. The molecule has 1 unspecified atom stereocenters. The standard InChI is InChI=1S/C13H19N3O4S/c17-7-9-2-1-5-16(6-9)13(20)14-4-3-11-15-10(8-21-11)12(18)19/h8-9,17H,1-7H2,(H,14,20)(H,18,19). The van der Waals surface area contributed by atoms with Gasteiger partial charge in [0.25, 0.3) is 0 Å². The largest absolute Gasteiger partial charge is 0.476 e. The number of carboxylic acid groups (broad SMARTS) is 1. The molecular formula is C13H19N3O4S. The van der Waals surface area contributed by atoms with Crippen LogP contribution in [0, 0.1) is 5.92 Å². The first-order valence-electron chi connectivity index (χ1n) is 6.91. The SMILES string of the molecule is O=C(O)c1csc(CCNC(=O)N2CCCC(CO)C2)n1. The molecule has 7 nitrogen and oxygen atoms in total. The number of piperidine rings is 1. The van der Waals surface area contributed by atoms with Crippen LogP contribution >= 0.6 is 11.3 Å². The lowest BCUT2D eigenvalue weighted by Crippen LogP contribution is -2.46. The Morgan fingerprint density at radius 3 is 3.00 bits per heavy atom. The number of carbonyl (C=O) groups is 2. The number of hydrogen-bond acceptors (Lipinski definition) is 5. The number of amides is 2. The fourth-order valence-corrected chi connectivity index (χ4v) is 3.08. The number of carboxylic acids is 1. The fourth-order valence-electron chi connectivity index (χ4n) is 2.31. The Balaban J connectivity index is 1.74. The highest BCUT2D eigenvalue weighted by Gasteiger charge is 2.22. The maximum absolute atomic E-state index is 12.0. The summed E-state index contributed by atoms with van der Waals surface area (Å²) in [6.45, 7) is 1.83. The number of carbonyl (C=O) groups excluding carboxylic acids is 1. The zero-order chi connectivity index (χ0) is 15.2. The van der Waals surface area contributed by atoms with Crippen LogP contribution in [0.25, 0.3) is 0 Å². The van der Waals surface area contributed by atoms with Gasteiger partial charge < -0.3 is 20.4 Å². The van der Waals surface area contributed by atoms with Crippen LogP contribution < -0.4 is 5.32 Å². The number of aliphatic hydroxyl groups is 1. The van der Waals surface area contributed by atoms with Gasteiger partial charge in [-0.2, -0.15) is 0 Å². The normalized spacial score (nSPS) is 18.5. The number of hydrogen-bond donors (Lipinski definition) is 3. The molecule has 0 bridgehead atoms. The molecule has 0 aliphatic carbocycles. The van der Waals surface area contributed by atoms with E-state index in [2.05, 4.69) is 10.3 Å². The second-order valence-electron chi connectivity index (χ2n) is 5.05. The van der Waals surface area contributed by atoms with Crippen molar-refractivity contribution in [2.75, 3.05) is 26.2 Å². The Kier molecular flexibility index (Phi) is 5.51. The number of nitrogens with zero attached hydrogens (tertiary/aromatic N) is 2. The number of likely N-dealkylation sites (tertiary alicyclic amines) is 1. The van der Waals surface area contributed by atoms with Gasteiger partial charge in [-0.3, -0.25) is 0 Å². The first-order chi connectivity index (χ1) is 10.1. The van der Waals surface area contributed by atoms with Crippen LogP contribution in [0.2, 0.25) is 0 Å². The van der Waals surface area contributed by atoms with Crippen LogP contribution in [0.15, 0.2) is 5.38 Å². The lowest BCUT2D eigenvalue weighted by atomic mass is 9.99. The smallest absolute Gasteiger partial charge is 0.355 e. The van der Waals surface area contributed by atoms with Crippen molar-refractivity contribution in [1.82, 2.24) is 15.2 Å². The molecule has 1 aliphatic rings. The summed E-state index contributed by atoms with van der Waals surface area (Å²) < 4.78 is 0. The first-order valence-corrected chi connectivity index (χ1v) is 7.79. The Bertz CT molecular complexity index is 505. The van der Waals surface area contributed by atoms with Crippen LogP contribution in [-0.2, 0) is 6.42 Å². The monoisotopic (exact) mass is 313 g/mol. The van der Waals surface area contributed by atoms with Gasteiger partial charge in [-0.1, -0.05) is 0 Å². The van der Waals surface area contributed by atoms with E-state index in [1.54, 1.807) is 4.90 Å². The third kappa shape index (κ3) is 4.40. The summed E-state index contributed by atoms with van der Waals surface area (Å²) in [5.74, 6) is -0.869. The average Bonchev–Trinajstić information content (AvgIpc) is 2.96. The van der Waals surface area contributed by atoms with Crippen LogP contribution in [0.1, 0.15) is 28.3 Å². The van der Waals surface area contributed by atoms with E-state index in [-0.39, 0.29) is 24.2 Å². The number of thiazole rings is 1. The van der Waals surface area contributed by atoms with Crippen molar-refractivity contribution in [3.05, 3.63) is 16.1 Å². The van der Waals surface area contributed by atoms with E-state index in [1.807, 2.05) is 0 Å². The molecule has 21 heavy (non-hydrogen) atoms. The molecule has 2 rings (SSSR count). The Labute approximate surface area is 126 Å². The Morgan fingerprint density at radius 2 is 2.33 bits per heavy atom. The van der Waals surface area contributed by atoms with Gasteiger partial charge in [-0.15, -0.1) is 11.3 Å². The summed E-state index contributed by atoms with van der Waals surface area (Å²) in [5.41, 5.74) is 0.0446. The van der Waals surface area contributed by atoms with Crippen molar-refractivity contribution >= 4 is 23.3 Å². The van der Waals surface area contributed by atoms with E-state index in [9.17, 15) is 9.59 Å². The van der Waals surface area contributed by atoms with Gasteiger partial charge in [0, 0.05) is 38.0 Å². The third-order valence-electron chi connectivity index (χ3n) is 3.45. The molecule has 2 amide bonds. The van der Waals surface area contributed by atoms with E-state index in [1.165, 1.54) is 16.7 Å². The van der Waals surface area contributed by atoms with Gasteiger partial charge in [0.1, 0.15) is 0 Å². The van der Waals surface area contributed by atoms with Crippen LogP contribution in [0.5, 0.6) is 0 Å². The minimum absolute atomic E-state index is 0.0446. The van der Waals surface area contributed by atoms with Gasteiger partial charge in [0.2, 0.25) is 0 Å². The molecule has 0 aromatic carbocycles. The maximum atomic E-state index is 12.0. The minimum Gasteiger partial charge on any atom is -0.476 e. The number of urea groups is 1. The van der Waals surface area contributed by atoms with E-state index < -0.39 is 5.97 Å².